The molecule has 1 N–H and O–H groups in total. The molecule has 0 saturated heterocycles. The average molecular weight is 287 g/mol. The number of aliphatic hydroxyl groups is 1. The van der Waals surface area contributed by atoms with Crippen molar-refractivity contribution in [1.29, 1.82) is 0 Å². The first-order valence-electron chi connectivity index (χ1n) is 6.74. The summed E-state index contributed by atoms with van der Waals surface area (Å²) in [7, 11) is 0. The largest absolute Gasteiger partial charge is 0.489 e. The van der Waals surface area contributed by atoms with E-state index in [1.807, 2.05) is 19.1 Å². The minimum absolute atomic E-state index is 0.0663. The molecule has 0 spiro atoms. The monoisotopic (exact) mass is 287 g/mol. The van der Waals surface area contributed by atoms with Crippen molar-refractivity contribution in [3.05, 3.63) is 69.8 Å². The van der Waals surface area contributed by atoms with Gasteiger partial charge in [-0.05, 0) is 41.8 Å². The quantitative estimate of drug-likeness (QED) is 0.650. The third-order valence-electron chi connectivity index (χ3n) is 3.20. The summed E-state index contributed by atoms with van der Waals surface area (Å²) in [6, 6.07) is 13.5. The van der Waals surface area contributed by atoms with Gasteiger partial charge in [0.1, 0.15) is 12.4 Å². The Morgan fingerprint density at radius 1 is 1.14 bits per heavy atom. The molecule has 0 unspecified atom stereocenters. The van der Waals surface area contributed by atoms with Gasteiger partial charge in [0.2, 0.25) is 0 Å². The Hall–Kier alpha value is -2.40. The maximum atomic E-state index is 10.6. The van der Waals surface area contributed by atoms with E-state index < -0.39 is 11.0 Å². The van der Waals surface area contributed by atoms with Crippen molar-refractivity contribution in [1.82, 2.24) is 0 Å². The molecule has 21 heavy (non-hydrogen) atoms. The summed E-state index contributed by atoms with van der Waals surface area (Å²) in [6.45, 7) is 2.26. The van der Waals surface area contributed by atoms with Gasteiger partial charge in [0.25, 0.3) is 5.69 Å². The second-order valence-corrected chi connectivity index (χ2v) is 4.71. The molecule has 0 aliphatic heterocycles. The molecule has 0 heterocycles. The van der Waals surface area contributed by atoms with E-state index in [1.165, 1.54) is 12.1 Å². The van der Waals surface area contributed by atoms with Gasteiger partial charge in [-0.1, -0.05) is 19.1 Å². The normalized spacial score (nSPS) is 11.9. The van der Waals surface area contributed by atoms with Gasteiger partial charge in [-0.3, -0.25) is 10.1 Å². The van der Waals surface area contributed by atoms with Gasteiger partial charge < -0.3 is 9.84 Å². The molecule has 0 aliphatic carbocycles. The Morgan fingerprint density at radius 3 is 2.29 bits per heavy atom. The third kappa shape index (κ3) is 4.03. The SMILES string of the molecule is CC[C@H](O)c1ccc(OCc2ccc([N+](=O)[O-])cc2)cc1. The van der Waals surface area contributed by atoms with E-state index in [1.54, 1.807) is 24.3 Å². The number of nitro groups is 1. The number of hydrogen-bond donors (Lipinski definition) is 1. The molecule has 0 saturated carbocycles. The Bertz CT molecular complexity index is 593. The molecule has 5 heteroatoms. The van der Waals surface area contributed by atoms with E-state index in [9.17, 15) is 15.2 Å². The Labute approximate surface area is 123 Å². The lowest BCUT2D eigenvalue weighted by molar-refractivity contribution is -0.384. The maximum absolute atomic E-state index is 10.6. The number of benzene rings is 2. The smallest absolute Gasteiger partial charge is 0.269 e. The lowest BCUT2D eigenvalue weighted by atomic mass is 10.1. The van der Waals surface area contributed by atoms with E-state index in [4.69, 9.17) is 4.74 Å². The van der Waals surface area contributed by atoms with Crippen molar-refractivity contribution in [3.8, 4) is 5.75 Å². The first-order valence-corrected chi connectivity index (χ1v) is 6.74. The third-order valence-corrected chi connectivity index (χ3v) is 3.20. The number of nitro benzene ring substituents is 1. The molecular formula is C16H17NO4. The van der Waals surface area contributed by atoms with E-state index >= 15 is 0 Å². The second kappa shape index (κ2) is 6.85. The molecule has 2 aromatic carbocycles. The molecule has 0 amide bonds. The lowest BCUT2D eigenvalue weighted by Crippen LogP contribution is -1.98. The topological polar surface area (TPSA) is 72.6 Å². The maximum Gasteiger partial charge on any atom is 0.269 e. The molecule has 0 radical (unpaired) electrons. The highest BCUT2D eigenvalue weighted by Crippen LogP contribution is 2.21. The predicted molar refractivity (Wildman–Crippen MR) is 79.1 cm³/mol. The van der Waals surface area contributed by atoms with Crippen LogP contribution in [0.4, 0.5) is 5.69 Å². The number of non-ortho nitro benzene ring substituents is 1. The van der Waals surface area contributed by atoms with Crippen molar-refractivity contribution in [2.45, 2.75) is 26.1 Å². The number of aliphatic hydroxyl groups excluding tert-OH is 1. The molecule has 2 rings (SSSR count). The summed E-state index contributed by atoms with van der Waals surface area (Å²) in [5, 5.41) is 20.3. The van der Waals surface area contributed by atoms with Crippen LogP contribution in [-0.2, 0) is 6.61 Å². The molecule has 0 aromatic heterocycles. The lowest BCUT2D eigenvalue weighted by Gasteiger charge is -2.10. The molecule has 1 atom stereocenters. The van der Waals surface area contributed by atoms with Crippen LogP contribution in [0, 0.1) is 10.1 Å². The van der Waals surface area contributed by atoms with Crippen molar-refractivity contribution in [2.24, 2.45) is 0 Å². The fourth-order valence-electron chi connectivity index (χ4n) is 1.90. The van der Waals surface area contributed by atoms with Crippen molar-refractivity contribution >= 4 is 5.69 Å². The molecule has 0 aliphatic rings. The first kappa shape index (κ1) is 15.0. The summed E-state index contributed by atoms with van der Waals surface area (Å²) in [5.41, 5.74) is 1.79. The van der Waals surface area contributed by atoms with Gasteiger partial charge in [0.05, 0.1) is 11.0 Å². The van der Waals surface area contributed by atoms with Gasteiger partial charge in [0.15, 0.2) is 0 Å². The standard InChI is InChI=1S/C16H17NO4/c1-2-16(18)13-5-9-15(10-6-13)21-11-12-3-7-14(8-4-12)17(19)20/h3-10,16,18H,2,11H2,1H3/t16-/m0/s1. The Balaban J connectivity index is 1.95. The number of ether oxygens (including phenoxy) is 1. The molecule has 2 aromatic rings. The molecule has 0 fully saturated rings. The zero-order valence-electron chi connectivity index (χ0n) is 11.7. The number of rotatable bonds is 6. The molecule has 110 valence electrons. The average Bonchev–Trinajstić information content (AvgIpc) is 2.53. The van der Waals surface area contributed by atoms with Crippen molar-refractivity contribution in [2.75, 3.05) is 0 Å². The van der Waals surface area contributed by atoms with Crippen LogP contribution in [0.1, 0.15) is 30.6 Å². The summed E-state index contributed by atoms with van der Waals surface area (Å²) < 4.78 is 5.61. The second-order valence-electron chi connectivity index (χ2n) is 4.71. The van der Waals surface area contributed by atoms with Crippen LogP contribution in [0.3, 0.4) is 0 Å². The minimum Gasteiger partial charge on any atom is -0.489 e. The van der Waals surface area contributed by atoms with Crippen LogP contribution in [0.25, 0.3) is 0 Å². The minimum atomic E-state index is -0.450. The summed E-state index contributed by atoms with van der Waals surface area (Å²) >= 11 is 0. The van der Waals surface area contributed by atoms with Gasteiger partial charge in [-0.2, -0.15) is 0 Å². The zero-order valence-corrected chi connectivity index (χ0v) is 11.7. The van der Waals surface area contributed by atoms with Crippen LogP contribution in [0.15, 0.2) is 48.5 Å². The van der Waals surface area contributed by atoms with Crippen LogP contribution in [-0.4, -0.2) is 10.0 Å². The van der Waals surface area contributed by atoms with Crippen molar-refractivity contribution < 1.29 is 14.8 Å². The van der Waals surface area contributed by atoms with Gasteiger partial charge in [-0.15, -0.1) is 0 Å². The van der Waals surface area contributed by atoms with Crippen molar-refractivity contribution in [3.63, 3.8) is 0 Å². The predicted octanol–water partition coefficient (Wildman–Crippen LogP) is 3.62. The fourth-order valence-corrected chi connectivity index (χ4v) is 1.90. The number of hydrogen-bond acceptors (Lipinski definition) is 4. The van der Waals surface area contributed by atoms with Crippen LogP contribution < -0.4 is 4.74 Å². The van der Waals surface area contributed by atoms with Crippen LogP contribution in [0.2, 0.25) is 0 Å². The highest BCUT2D eigenvalue weighted by Gasteiger charge is 2.06. The molecule has 0 bridgehead atoms. The highest BCUT2D eigenvalue weighted by molar-refractivity contribution is 5.33. The summed E-state index contributed by atoms with van der Waals surface area (Å²) in [6.07, 6.45) is 0.219. The van der Waals surface area contributed by atoms with Crippen LogP contribution >= 0.6 is 0 Å². The highest BCUT2D eigenvalue weighted by atomic mass is 16.6. The summed E-state index contributed by atoms with van der Waals surface area (Å²) in [5.74, 6) is 0.695. The van der Waals surface area contributed by atoms with E-state index in [-0.39, 0.29) is 5.69 Å². The van der Waals surface area contributed by atoms with E-state index in [0.29, 0.717) is 18.8 Å². The first-order chi connectivity index (χ1) is 10.1. The van der Waals surface area contributed by atoms with Crippen LogP contribution in [0.5, 0.6) is 5.75 Å². The Morgan fingerprint density at radius 2 is 1.76 bits per heavy atom. The van der Waals surface area contributed by atoms with E-state index in [0.717, 1.165) is 11.1 Å². The summed E-state index contributed by atoms with van der Waals surface area (Å²) in [4.78, 5) is 10.1. The van der Waals surface area contributed by atoms with Gasteiger partial charge in [0, 0.05) is 12.1 Å². The Kier molecular flexibility index (Phi) is 4.90. The molecular weight excluding hydrogens is 270 g/mol. The van der Waals surface area contributed by atoms with E-state index in [2.05, 4.69) is 0 Å². The number of nitrogens with zero attached hydrogens (tertiary/aromatic N) is 1. The van der Waals surface area contributed by atoms with Gasteiger partial charge >= 0.3 is 0 Å². The fraction of sp³-hybridized carbons (Fsp3) is 0.250. The zero-order chi connectivity index (χ0) is 15.2. The molecule has 5 nitrogen and oxygen atoms in total. The van der Waals surface area contributed by atoms with Gasteiger partial charge in [-0.25, -0.2) is 0 Å².